The van der Waals surface area contributed by atoms with E-state index >= 15 is 0 Å². The Bertz CT molecular complexity index is 1050. The van der Waals surface area contributed by atoms with Crippen molar-refractivity contribution >= 4 is 16.6 Å². The van der Waals surface area contributed by atoms with Crippen LogP contribution in [-0.4, -0.2) is 23.2 Å². The Labute approximate surface area is 173 Å². The fraction of sp³-hybridized carbons (Fsp3) is 0.348. The van der Waals surface area contributed by atoms with Crippen LogP contribution in [0.2, 0.25) is 0 Å². The van der Waals surface area contributed by atoms with Crippen molar-refractivity contribution in [1.29, 1.82) is 0 Å². The predicted molar refractivity (Wildman–Crippen MR) is 111 cm³/mol. The van der Waals surface area contributed by atoms with Crippen LogP contribution in [0.1, 0.15) is 48.9 Å². The Balaban J connectivity index is 1.69. The van der Waals surface area contributed by atoms with Gasteiger partial charge >= 0.3 is 0 Å². The van der Waals surface area contributed by atoms with Gasteiger partial charge in [0.25, 0.3) is 6.43 Å². The fourth-order valence-electron chi connectivity index (χ4n) is 4.07. The molecule has 0 saturated carbocycles. The smallest absolute Gasteiger partial charge is 0.266 e. The van der Waals surface area contributed by atoms with Crippen molar-refractivity contribution in [2.24, 2.45) is 0 Å². The molecule has 1 aliphatic heterocycles. The second kappa shape index (κ2) is 8.24. The highest BCUT2D eigenvalue weighted by atomic mass is 19.3. The van der Waals surface area contributed by atoms with Gasteiger partial charge in [0, 0.05) is 22.8 Å². The van der Waals surface area contributed by atoms with Gasteiger partial charge in [0.2, 0.25) is 0 Å². The number of hydrogen-bond donors (Lipinski definition) is 3. The number of nitrogens with one attached hydrogen (secondary N) is 2. The van der Waals surface area contributed by atoms with Crippen molar-refractivity contribution < 1.29 is 18.3 Å². The van der Waals surface area contributed by atoms with Crippen LogP contribution in [0.25, 0.3) is 10.9 Å². The zero-order valence-corrected chi connectivity index (χ0v) is 16.6. The van der Waals surface area contributed by atoms with Crippen LogP contribution in [0.15, 0.2) is 48.7 Å². The molecule has 0 amide bonds. The Hall–Kier alpha value is -2.64. The summed E-state index contributed by atoms with van der Waals surface area (Å²) >= 11 is 0. The third kappa shape index (κ3) is 3.87. The minimum absolute atomic E-state index is 0.172. The lowest BCUT2D eigenvalue weighted by atomic mass is 9.84. The summed E-state index contributed by atoms with van der Waals surface area (Å²) in [5.74, 6) is -0.893. The molecule has 2 aromatic carbocycles. The van der Waals surface area contributed by atoms with Crippen molar-refractivity contribution in [1.82, 2.24) is 10.3 Å². The monoisotopic (exact) mass is 415 g/mol. The number of piperidine rings is 1. The molecule has 0 unspecified atom stereocenters. The summed E-state index contributed by atoms with van der Waals surface area (Å²) in [5, 5.41) is 18.3. The van der Waals surface area contributed by atoms with E-state index in [1.165, 1.54) is 12.1 Å². The molecular weight excluding hydrogens is 391 g/mol. The minimum atomic E-state index is -2.87. The van der Waals surface area contributed by atoms with Gasteiger partial charge in [0.15, 0.2) is 0 Å². The van der Waals surface area contributed by atoms with Crippen molar-refractivity contribution in [2.45, 2.75) is 37.8 Å². The maximum atomic E-state index is 14.6. The van der Waals surface area contributed by atoms with E-state index in [9.17, 15) is 18.3 Å². The van der Waals surface area contributed by atoms with Gasteiger partial charge < -0.3 is 15.7 Å². The Morgan fingerprint density at radius 2 is 1.83 bits per heavy atom. The van der Waals surface area contributed by atoms with E-state index in [2.05, 4.69) is 15.6 Å². The molecule has 0 spiro atoms. The number of aromatic nitrogens is 1. The molecule has 1 aromatic heterocycles. The SMILES string of the molecule is C[C@@H](Nc1ccnc2ccc(C3(O)CCNCC3)cc12)c1cccc(C(F)F)c1F. The average molecular weight is 415 g/mol. The number of pyridine rings is 1. The normalized spacial score (nSPS) is 17.3. The van der Waals surface area contributed by atoms with Crippen LogP contribution in [0.5, 0.6) is 0 Å². The molecule has 0 bridgehead atoms. The number of fused-ring (bicyclic) bond motifs is 1. The quantitative estimate of drug-likeness (QED) is 0.546. The lowest BCUT2D eigenvalue weighted by molar-refractivity contribution is 0.00606. The number of halogens is 3. The third-order valence-corrected chi connectivity index (χ3v) is 5.84. The van der Waals surface area contributed by atoms with Crippen molar-refractivity contribution in [3.8, 4) is 0 Å². The lowest BCUT2D eigenvalue weighted by Gasteiger charge is -2.33. The van der Waals surface area contributed by atoms with E-state index < -0.39 is 29.4 Å². The van der Waals surface area contributed by atoms with Crippen molar-refractivity contribution in [2.75, 3.05) is 18.4 Å². The summed E-state index contributed by atoms with van der Waals surface area (Å²) in [7, 11) is 0. The number of rotatable bonds is 5. The van der Waals surface area contributed by atoms with Gasteiger partial charge in [-0.15, -0.1) is 0 Å². The average Bonchev–Trinajstić information content (AvgIpc) is 2.74. The van der Waals surface area contributed by atoms with E-state index in [4.69, 9.17) is 0 Å². The lowest BCUT2D eigenvalue weighted by Crippen LogP contribution is -2.39. The highest BCUT2D eigenvalue weighted by molar-refractivity contribution is 5.91. The van der Waals surface area contributed by atoms with Gasteiger partial charge in [-0.05, 0) is 56.6 Å². The zero-order valence-electron chi connectivity index (χ0n) is 16.6. The summed E-state index contributed by atoms with van der Waals surface area (Å²) in [6.45, 7) is 3.21. The van der Waals surface area contributed by atoms with E-state index in [0.29, 0.717) is 18.5 Å². The summed E-state index contributed by atoms with van der Waals surface area (Å²) in [6.07, 6.45) is 0.00206. The van der Waals surface area contributed by atoms with Gasteiger partial charge in [-0.25, -0.2) is 13.2 Å². The van der Waals surface area contributed by atoms with E-state index in [1.54, 1.807) is 19.2 Å². The second-order valence-electron chi connectivity index (χ2n) is 7.79. The van der Waals surface area contributed by atoms with Crippen LogP contribution >= 0.6 is 0 Å². The first-order valence-corrected chi connectivity index (χ1v) is 10.0. The van der Waals surface area contributed by atoms with E-state index in [0.717, 1.165) is 35.6 Å². The largest absolute Gasteiger partial charge is 0.385 e. The third-order valence-electron chi connectivity index (χ3n) is 5.84. The molecule has 3 aromatic rings. The molecule has 1 aliphatic rings. The topological polar surface area (TPSA) is 57.2 Å². The minimum Gasteiger partial charge on any atom is -0.385 e. The Kier molecular flexibility index (Phi) is 5.66. The van der Waals surface area contributed by atoms with Crippen LogP contribution < -0.4 is 10.6 Å². The predicted octanol–water partition coefficient (Wildman–Crippen LogP) is 5.06. The first kappa shape index (κ1) is 20.6. The van der Waals surface area contributed by atoms with Crippen LogP contribution in [0.3, 0.4) is 0 Å². The van der Waals surface area contributed by atoms with Gasteiger partial charge in [-0.3, -0.25) is 4.98 Å². The molecule has 1 fully saturated rings. The van der Waals surface area contributed by atoms with Gasteiger partial charge in [-0.1, -0.05) is 24.3 Å². The highest BCUT2D eigenvalue weighted by Gasteiger charge is 2.31. The summed E-state index contributed by atoms with van der Waals surface area (Å²) in [4.78, 5) is 4.38. The first-order valence-electron chi connectivity index (χ1n) is 10.0. The molecule has 1 saturated heterocycles. The molecule has 0 aliphatic carbocycles. The molecule has 158 valence electrons. The first-order chi connectivity index (χ1) is 14.4. The maximum absolute atomic E-state index is 14.6. The highest BCUT2D eigenvalue weighted by Crippen LogP contribution is 2.35. The number of alkyl halides is 2. The molecule has 1 atom stereocenters. The van der Waals surface area contributed by atoms with Crippen molar-refractivity contribution in [3.63, 3.8) is 0 Å². The molecule has 2 heterocycles. The zero-order chi connectivity index (χ0) is 21.3. The molecule has 4 nitrogen and oxygen atoms in total. The van der Waals surface area contributed by atoms with E-state index in [1.807, 2.05) is 18.2 Å². The molecule has 0 radical (unpaired) electrons. The molecule has 4 rings (SSSR count). The number of nitrogens with zero attached hydrogens (tertiary/aromatic N) is 1. The standard InChI is InChI=1S/C23H24F3N3O/c1-14(16-3-2-4-17(21(16)24)22(25)26)29-20-7-10-28-19-6-5-15(13-18(19)20)23(30)8-11-27-12-9-23/h2-7,10,13-14,22,27,30H,8-9,11-12H2,1H3,(H,28,29)/t14-/m1/s1. The summed E-state index contributed by atoms with van der Waals surface area (Å²) < 4.78 is 40.7. The molecule has 30 heavy (non-hydrogen) atoms. The van der Waals surface area contributed by atoms with Crippen LogP contribution in [0.4, 0.5) is 18.9 Å². The fourth-order valence-corrected chi connectivity index (χ4v) is 4.07. The number of anilines is 1. The van der Waals surface area contributed by atoms with Crippen molar-refractivity contribution in [3.05, 3.63) is 71.2 Å². The molecular formula is C23H24F3N3O. The van der Waals surface area contributed by atoms with Gasteiger partial charge in [-0.2, -0.15) is 0 Å². The molecule has 7 heteroatoms. The number of hydrogen-bond acceptors (Lipinski definition) is 4. The number of benzene rings is 2. The van der Waals surface area contributed by atoms with Crippen LogP contribution in [0, 0.1) is 5.82 Å². The number of aliphatic hydroxyl groups is 1. The summed E-state index contributed by atoms with van der Waals surface area (Å²) in [6, 6.07) is 10.9. The van der Waals surface area contributed by atoms with Gasteiger partial charge in [0.05, 0.1) is 22.7 Å². The van der Waals surface area contributed by atoms with E-state index in [-0.39, 0.29) is 5.56 Å². The molecule has 3 N–H and O–H groups in total. The Morgan fingerprint density at radius 1 is 1.10 bits per heavy atom. The van der Waals surface area contributed by atoms with Crippen LogP contribution in [-0.2, 0) is 5.60 Å². The Morgan fingerprint density at radius 3 is 2.57 bits per heavy atom. The maximum Gasteiger partial charge on any atom is 0.266 e. The second-order valence-corrected chi connectivity index (χ2v) is 7.79. The summed E-state index contributed by atoms with van der Waals surface area (Å²) in [5.41, 5.74) is 0.910. The van der Waals surface area contributed by atoms with Gasteiger partial charge in [0.1, 0.15) is 5.82 Å².